The molecular formula is C20H20ClN3O3. The van der Waals surface area contributed by atoms with Crippen LogP contribution in [0, 0.1) is 6.92 Å². The summed E-state index contributed by atoms with van der Waals surface area (Å²) in [6.07, 6.45) is 5.97. The van der Waals surface area contributed by atoms with Gasteiger partial charge in [-0.25, -0.2) is 4.79 Å². The molecule has 6 nitrogen and oxygen atoms in total. The number of nitrogens with zero attached hydrogens (tertiary/aromatic N) is 2. The summed E-state index contributed by atoms with van der Waals surface area (Å²) in [6, 6.07) is 3.40. The summed E-state index contributed by atoms with van der Waals surface area (Å²) < 4.78 is 1.54. The molecule has 0 aliphatic heterocycles. The zero-order chi connectivity index (χ0) is 19.7. The third-order valence-electron chi connectivity index (χ3n) is 4.40. The van der Waals surface area contributed by atoms with Crippen LogP contribution in [-0.2, 0) is 13.0 Å². The van der Waals surface area contributed by atoms with E-state index < -0.39 is 5.97 Å². The molecule has 0 aromatic carbocycles. The van der Waals surface area contributed by atoms with Gasteiger partial charge in [0.25, 0.3) is 5.56 Å². The first-order valence-corrected chi connectivity index (χ1v) is 9.02. The molecule has 0 saturated carbocycles. The molecule has 2 N–H and O–H groups in total. The van der Waals surface area contributed by atoms with Crippen LogP contribution in [0.4, 0.5) is 0 Å². The smallest absolute Gasteiger partial charge is 0.339 e. The lowest BCUT2D eigenvalue weighted by Crippen LogP contribution is -2.20. The van der Waals surface area contributed by atoms with Crippen molar-refractivity contribution >= 4 is 28.5 Å². The van der Waals surface area contributed by atoms with Gasteiger partial charge in [-0.3, -0.25) is 9.78 Å². The lowest BCUT2D eigenvalue weighted by atomic mass is 10.0. The van der Waals surface area contributed by atoms with Crippen molar-refractivity contribution in [2.75, 3.05) is 0 Å². The number of aromatic carboxylic acids is 1. The molecule has 0 spiro atoms. The summed E-state index contributed by atoms with van der Waals surface area (Å²) in [6.45, 7) is 6.02. The number of allylic oxidation sites excluding steroid dienone is 2. The molecule has 3 rings (SSSR count). The van der Waals surface area contributed by atoms with Crippen molar-refractivity contribution in [3.05, 3.63) is 62.8 Å². The standard InChI is InChI=1S/C20H20ClN3O3/c1-4-6-7-24-10-14(13-8-11(3)22-18(13)19(24)25)17-16(20(26)27)15(21)9-12(5-2)23-17/h4,6,8-10,22H,5,7H2,1-3H3,(H,26,27). The van der Waals surface area contributed by atoms with Crippen molar-refractivity contribution in [2.24, 2.45) is 0 Å². The molecule has 3 aromatic heterocycles. The Morgan fingerprint density at radius 1 is 1.41 bits per heavy atom. The molecule has 27 heavy (non-hydrogen) atoms. The average molecular weight is 386 g/mol. The first-order chi connectivity index (χ1) is 12.9. The van der Waals surface area contributed by atoms with Gasteiger partial charge in [0.15, 0.2) is 0 Å². The number of carboxylic acids is 1. The third-order valence-corrected chi connectivity index (χ3v) is 4.69. The molecule has 0 unspecified atom stereocenters. The molecule has 0 bridgehead atoms. The highest BCUT2D eigenvalue weighted by Gasteiger charge is 2.22. The number of aromatic amines is 1. The van der Waals surface area contributed by atoms with Gasteiger partial charge in [0.2, 0.25) is 0 Å². The van der Waals surface area contributed by atoms with Crippen LogP contribution in [0.25, 0.3) is 22.2 Å². The number of nitrogens with one attached hydrogen (secondary N) is 1. The van der Waals surface area contributed by atoms with Gasteiger partial charge in [0, 0.05) is 35.1 Å². The maximum Gasteiger partial charge on any atom is 0.339 e. The Bertz CT molecular complexity index is 1130. The van der Waals surface area contributed by atoms with Crippen LogP contribution in [0.3, 0.4) is 0 Å². The van der Waals surface area contributed by atoms with E-state index >= 15 is 0 Å². The maximum absolute atomic E-state index is 12.8. The van der Waals surface area contributed by atoms with Crippen molar-refractivity contribution in [3.63, 3.8) is 0 Å². The molecule has 0 atom stereocenters. The summed E-state index contributed by atoms with van der Waals surface area (Å²) in [5, 5.41) is 10.5. The lowest BCUT2D eigenvalue weighted by Gasteiger charge is -2.13. The fourth-order valence-electron chi connectivity index (χ4n) is 3.08. The summed E-state index contributed by atoms with van der Waals surface area (Å²) >= 11 is 6.26. The SMILES string of the molecule is CC=CCn1cc(-c2nc(CC)cc(Cl)c2C(=O)O)c2cc(C)[nH]c2c1=O. The number of hydrogen-bond acceptors (Lipinski definition) is 3. The Morgan fingerprint density at radius 2 is 2.15 bits per heavy atom. The molecule has 0 aliphatic carbocycles. The fourth-order valence-corrected chi connectivity index (χ4v) is 3.38. The highest BCUT2D eigenvalue weighted by atomic mass is 35.5. The number of hydrogen-bond donors (Lipinski definition) is 2. The van der Waals surface area contributed by atoms with E-state index in [0.717, 1.165) is 5.69 Å². The normalized spacial score (nSPS) is 11.6. The van der Waals surface area contributed by atoms with E-state index in [0.29, 0.717) is 35.1 Å². The van der Waals surface area contributed by atoms with Crippen LogP contribution in [-0.4, -0.2) is 25.6 Å². The van der Waals surface area contributed by atoms with E-state index in [2.05, 4.69) is 9.97 Å². The molecule has 0 saturated heterocycles. The fraction of sp³-hybridized carbons (Fsp3) is 0.250. The largest absolute Gasteiger partial charge is 0.478 e. The summed E-state index contributed by atoms with van der Waals surface area (Å²) in [5.41, 5.74) is 2.51. The van der Waals surface area contributed by atoms with E-state index in [1.54, 1.807) is 12.3 Å². The number of H-pyrrole nitrogens is 1. The van der Waals surface area contributed by atoms with Crippen molar-refractivity contribution in [1.29, 1.82) is 0 Å². The van der Waals surface area contributed by atoms with Gasteiger partial charge in [-0.15, -0.1) is 0 Å². The van der Waals surface area contributed by atoms with Gasteiger partial charge in [0.05, 0.1) is 10.7 Å². The number of aromatic nitrogens is 3. The Balaban J connectivity index is 2.44. The second-order valence-electron chi connectivity index (χ2n) is 6.29. The predicted molar refractivity (Wildman–Crippen MR) is 107 cm³/mol. The second-order valence-corrected chi connectivity index (χ2v) is 6.70. The topological polar surface area (TPSA) is 88.0 Å². The summed E-state index contributed by atoms with van der Waals surface area (Å²) in [4.78, 5) is 32.3. The number of carboxylic acid groups (broad SMARTS) is 1. The molecule has 0 radical (unpaired) electrons. The van der Waals surface area contributed by atoms with Crippen LogP contribution in [0.5, 0.6) is 0 Å². The number of fused-ring (bicyclic) bond motifs is 1. The Kier molecular flexibility index (Phi) is 5.19. The monoisotopic (exact) mass is 385 g/mol. The van der Waals surface area contributed by atoms with Crippen molar-refractivity contribution in [2.45, 2.75) is 33.7 Å². The lowest BCUT2D eigenvalue weighted by molar-refractivity contribution is 0.0697. The van der Waals surface area contributed by atoms with Gasteiger partial charge in [-0.1, -0.05) is 30.7 Å². The first kappa shape index (κ1) is 18.9. The second kappa shape index (κ2) is 7.40. The van der Waals surface area contributed by atoms with E-state index in [9.17, 15) is 14.7 Å². The Hall–Kier alpha value is -2.86. The van der Waals surface area contributed by atoms with Gasteiger partial charge in [-0.05, 0) is 32.4 Å². The minimum absolute atomic E-state index is 0.0646. The molecule has 0 amide bonds. The molecule has 0 aliphatic rings. The number of carbonyl (C=O) groups is 1. The van der Waals surface area contributed by atoms with Crippen molar-refractivity contribution in [3.8, 4) is 11.3 Å². The number of pyridine rings is 2. The minimum atomic E-state index is -1.16. The molecule has 3 aromatic rings. The number of halogens is 1. The highest BCUT2D eigenvalue weighted by Crippen LogP contribution is 2.33. The van der Waals surface area contributed by atoms with Crippen LogP contribution >= 0.6 is 11.6 Å². The Labute approximate surface area is 161 Å². The van der Waals surface area contributed by atoms with E-state index in [4.69, 9.17) is 11.6 Å². The zero-order valence-electron chi connectivity index (χ0n) is 15.3. The van der Waals surface area contributed by atoms with Crippen LogP contribution in [0.1, 0.15) is 35.6 Å². The molecular weight excluding hydrogens is 366 g/mol. The van der Waals surface area contributed by atoms with E-state index in [-0.39, 0.29) is 21.8 Å². The molecule has 3 heterocycles. The van der Waals surface area contributed by atoms with Crippen LogP contribution in [0.15, 0.2) is 35.3 Å². The summed E-state index contributed by atoms with van der Waals surface area (Å²) in [5.74, 6) is -1.16. The average Bonchev–Trinajstić information content (AvgIpc) is 3.02. The molecule has 140 valence electrons. The minimum Gasteiger partial charge on any atom is -0.478 e. The van der Waals surface area contributed by atoms with Crippen LogP contribution < -0.4 is 5.56 Å². The van der Waals surface area contributed by atoms with E-state index in [1.807, 2.05) is 39.0 Å². The maximum atomic E-state index is 12.8. The van der Waals surface area contributed by atoms with Gasteiger partial charge in [-0.2, -0.15) is 0 Å². The van der Waals surface area contributed by atoms with Gasteiger partial charge in [0.1, 0.15) is 11.1 Å². The van der Waals surface area contributed by atoms with Gasteiger partial charge >= 0.3 is 5.97 Å². The quantitative estimate of drug-likeness (QED) is 0.644. The van der Waals surface area contributed by atoms with Gasteiger partial charge < -0.3 is 14.7 Å². The van der Waals surface area contributed by atoms with Crippen LogP contribution in [0.2, 0.25) is 5.02 Å². The number of rotatable bonds is 5. The zero-order valence-corrected chi connectivity index (χ0v) is 16.1. The Morgan fingerprint density at radius 3 is 2.78 bits per heavy atom. The van der Waals surface area contributed by atoms with Crippen molar-refractivity contribution < 1.29 is 9.90 Å². The third kappa shape index (κ3) is 3.40. The number of aryl methyl sites for hydroxylation is 2. The summed E-state index contributed by atoms with van der Waals surface area (Å²) in [7, 11) is 0. The first-order valence-electron chi connectivity index (χ1n) is 8.64. The molecule has 7 heteroatoms. The highest BCUT2D eigenvalue weighted by molar-refractivity contribution is 6.34. The molecule has 0 fully saturated rings. The van der Waals surface area contributed by atoms with E-state index in [1.165, 1.54) is 4.57 Å². The van der Waals surface area contributed by atoms with Crippen molar-refractivity contribution in [1.82, 2.24) is 14.5 Å². The predicted octanol–water partition coefficient (Wildman–Crippen LogP) is 4.19.